The first-order valence-electron chi connectivity index (χ1n) is 17.8. The SMILES string of the molecule is O=S(=O)(c1ccc(-c2ncnc3ccc(-c4cn(C(c5ccccc5)(c5ccccc5)c5ccccc5)nc4-c4ccc(F)cc4)cc23)s1)N1CCCC1. The third-order valence-electron chi connectivity index (χ3n) is 10.2. The fourth-order valence-corrected chi connectivity index (χ4v) is 10.6. The average Bonchev–Trinajstić information content (AvgIpc) is 4.03. The summed E-state index contributed by atoms with van der Waals surface area (Å²) in [5.41, 5.74) is 6.68. The van der Waals surface area contributed by atoms with Crippen LogP contribution in [0.5, 0.6) is 0 Å². The molecule has 0 radical (unpaired) electrons. The highest BCUT2D eigenvalue weighted by Gasteiger charge is 2.40. The highest BCUT2D eigenvalue weighted by molar-refractivity contribution is 7.91. The van der Waals surface area contributed by atoms with Gasteiger partial charge in [-0.05, 0) is 83.6 Å². The summed E-state index contributed by atoms with van der Waals surface area (Å²) in [4.78, 5) is 10.0. The Bertz CT molecular complexity index is 2600. The zero-order valence-corrected chi connectivity index (χ0v) is 30.7. The van der Waals surface area contributed by atoms with Crippen LogP contribution in [0.15, 0.2) is 162 Å². The van der Waals surface area contributed by atoms with E-state index < -0.39 is 15.6 Å². The molecule has 10 heteroatoms. The Morgan fingerprint density at radius 2 is 1.24 bits per heavy atom. The highest BCUT2D eigenvalue weighted by Crippen LogP contribution is 2.44. The number of sulfonamides is 1. The monoisotopic (exact) mass is 747 g/mol. The molecule has 0 spiro atoms. The zero-order valence-electron chi connectivity index (χ0n) is 29.1. The van der Waals surface area contributed by atoms with Crippen LogP contribution in [-0.4, -0.2) is 45.6 Å². The van der Waals surface area contributed by atoms with Crippen molar-refractivity contribution in [1.29, 1.82) is 0 Å². The van der Waals surface area contributed by atoms with Crippen molar-refractivity contribution in [3.63, 3.8) is 0 Å². The third kappa shape index (κ3) is 5.83. The second-order valence-electron chi connectivity index (χ2n) is 13.3. The largest absolute Gasteiger partial charge is 0.252 e. The Balaban J connectivity index is 1.27. The molecule has 54 heavy (non-hydrogen) atoms. The van der Waals surface area contributed by atoms with Gasteiger partial charge in [-0.3, -0.25) is 4.68 Å². The molecule has 1 aliphatic heterocycles. The van der Waals surface area contributed by atoms with Crippen LogP contribution < -0.4 is 0 Å². The van der Waals surface area contributed by atoms with E-state index >= 15 is 0 Å². The molecule has 0 saturated carbocycles. The van der Waals surface area contributed by atoms with Crippen molar-refractivity contribution in [3.8, 4) is 33.0 Å². The molecule has 4 heterocycles. The van der Waals surface area contributed by atoms with Crippen LogP contribution in [0.25, 0.3) is 43.9 Å². The number of rotatable bonds is 9. The Morgan fingerprint density at radius 1 is 0.648 bits per heavy atom. The highest BCUT2D eigenvalue weighted by atomic mass is 32.2. The summed E-state index contributed by atoms with van der Waals surface area (Å²) in [6, 6.07) is 46.9. The molecule has 1 fully saturated rings. The van der Waals surface area contributed by atoms with Gasteiger partial charge in [0.25, 0.3) is 10.0 Å². The van der Waals surface area contributed by atoms with Crippen LogP contribution in [-0.2, 0) is 15.6 Å². The molecule has 1 aliphatic rings. The van der Waals surface area contributed by atoms with Crippen LogP contribution in [0.2, 0.25) is 0 Å². The maximum Gasteiger partial charge on any atom is 0.252 e. The van der Waals surface area contributed by atoms with E-state index in [4.69, 9.17) is 5.10 Å². The van der Waals surface area contributed by atoms with E-state index in [1.165, 1.54) is 29.8 Å². The maximum atomic E-state index is 14.3. The van der Waals surface area contributed by atoms with Crippen molar-refractivity contribution in [2.45, 2.75) is 22.6 Å². The predicted molar refractivity (Wildman–Crippen MR) is 212 cm³/mol. The quantitative estimate of drug-likeness (QED) is 0.138. The minimum absolute atomic E-state index is 0.307. The molecule has 0 unspecified atom stereocenters. The van der Waals surface area contributed by atoms with Gasteiger partial charge in [0.15, 0.2) is 0 Å². The predicted octanol–water partition coefficient (Wildman–Crippen LogP) is 9.65. The number of benzene rings is 5. The van der Waals surface area contributed by atoms with Gasteiger partial charge in [-0.1, -0.05) is 97.1 Å². The van der Waals surface area contributed by atoms with Gasteiger partial charge in [0.2, 0.25) is 0 Å². The first-order chi connectivity index (χ1) is 26.4. The van der Waals surface area contributed by atoms with E-state index in [0.717, 1.165) is 62.0 Å². The van der Waals surface area contributed by atoms with Crippen LogP contribution in [0.3, 0.4) is 0 Å². The van der Waals surface area contributed by atoms with E-state index in [9.17, 15) is 12.8 Å². The van der Waals surface area contributed by atoms with Gasteiger partial charge < -0.3 is 0 Å². The summed E-state index contributed by atoms with van der Waals surface area (Å²) in [5, 5.41) is 6.19. The van der Waals surface area contributed by atoms with E-state index in [1.54, 1.807) is 22.5 Å². The second-order valence-corrected chi connectivity index (χ2v) is 16.6. The van der Waals surface area contributed by atoms with Crippen LogP contribution in [0, 0.1) is 5.82 Å². The van der Waals surface area contributed by atoms with Gasteiger partial charge in [0, 0.05) is 35.8 Å². The van der Waals surface area contributed by atoms with Gasteiger partial charge in [0.05, 0.1) is 16.1 Å². The second kappa shape index (κ2) is 13.9. The molecule has 0 amide bonds. The molecule has 7 nitrogen and oxygen atoms in total. The normalized spacial score (nSPS) is 13.8. The van der Waals surface area contributed by atoms with Crippen molar-refractivity contribution in [2.24, 2.45) is 0 Å². The van der Waals surface area contributed by atoms with Crippen LogP contribution in [0.4, 0.5) is 4.39 Å². The summed E-state index contributed by atoms with van der Waals surface area (Å²) in [5.74, 6) is -0.332. The summed E-state index contributed by atoms with van der Waals surface area (Å²) in [6.45, 7) is 1.08. The molecule has 0 bridgehead atoms. The van der Waals surface area contributed by atoms with Gasteiger partial charge in [0.1, 0.15) is 27.6 Å². The summed E-state index contributed by atoms with van der Waals surface area (Å²) < 4.78 is 45.1. The first kappa shape index (κ1) is 34.0. The molecule has 0 N–H and O–H groups in total. The Morgan fingerprint density at radius 3 is 1.85 bits per heavy atom. The molecule has 0 atom stereocenters. The standard InChI is InChI=1S/C44H34FN5O2S2/c45-36-21-18-31(19-22-36)42-38(29-50(48-42)44(33-12-4-1-5-13-33,34-14-6-2-7-15-34)35-16-8-3-9-17-35)32-20-23-39-37(28-32)43(47-30-46-39)40-24-25-41(53-40)54(51,52)49-26-10-11-27-49/h1-9,12-25,28-30H,10-11,26-27H2. The van der Waals surface area contributed by atoms with Gasteiger partial charge in [-0.25, -0.2) is 22.8 Å². The number of fused-ring (bicyclic) bond motifs is 1. The molecule has 0 aliphatic carbocycles. The molecule has 8 aromatic rings. The Hall–Kier alpha value is -5.81. The van der Waals surface area contributed by atoms with Crippen LogP contribution >= 0.6 is 11.3 Å². The molecule has 3 aromatic heterocycles. The van der Waals surface area contributed by atoms with Crippen molar-refractivity contribution < 1.29 is 12.8 Å². The maximum absolute atomic E-state index is 14.3. The van der Waals surface area contributed by atoms with Crippen molar-refractivity contribution in [2.75, 3.05) is 13.1 Å². The summed E-state index contributed by atoms with van der Waals surface area (Å²) in [6.07, 6.45) is 5.33. The van der Waals surface area contributed by atoms with E-state index in [0.29, 0.717) is 28.7 Å². The topological polar surface area (TPSA) is 81.0 Å². The molecular formula is C44H34FN5O2S2. The van der Waals surface area contributed by atoms with E-state index in [1.807, 2.05) is 83.5 Å². The lowest BCUT2D eigenvalue weighted by Gasteiger charge is -2.36. The first-order valence-corrected chi connectivity index (χ1v) is 20.1. The van der Waals surface area contributed by atoms with Gasteiger partial charge >= 0.3 is 0 Å². The van der Waals surface area contributed by atoms with E-state index in [-0.39, 0.29) is 5.82 Å². The fraction of sp³-hybridized carbons (Fsp3) is 0.114. The van der Waals surface area contributed by atoms with Crippen LogP contribution in [0.1, 0.15) is 29.5 Å². The average molecular weight is 748 g/mol. The number of halogens is 1. The molecule has 9 rings (SSSR count). The number of hydrogen-bond acceptors (Lipinski definition) is 6. The van der Waals surface area contributed by atoms with Gasteiger partial charge in [-0.15, -0.1) is 11.3 Å². The van der Waals surface area contributed by atoms with Crippen molar-refractivity contribution in [3.05, 3.63) is 181 Å². The van der Waals surface area contributed by atoms with Gasteiger partial charge in [-0.2, -0.15) is 9.40 Å². The minimum atomic E-state index is -3.58. The number of hydrogen-bond donors (Lipinski definition) is 0. The Labute approximate surface area is 317 Å². The minimum Gasteiger partial charge on any atom is -0.252 e. The van der Waals surface area contributed by atoms with E-state index in [2.05, 4.69) is 52.6 Å². The fourth-order valence-electron chi connectivity index (χ4n) is 7.58. The number of thiophene rings is 1. The lowest BCUT2D eigenvalue weighted by molar-refractivity contribution is 0.461. The molecule has 266 valence electrons. The molecule has 5 aromatic carbocycles. The summed E-state index contributed by atoms with van der Waals surface area (Å²) >= 11 is 1.23. The van der Waals surface area contributed by atoms with Crippen molar-refractivity contribution in [1.82, 2.24) is 24.1 Å². The molecular weight excluding hydrogens is 714 g/mol. The zero-order chi connectivity index (χ0) is 36.7. The Kier molecular flexibility index (Phi) is 8.73. The number of nitrogens with zero attached hydrogens (tertiary/aromatic N) is 5. The third-order valence-corrected chi connectivity index (χ3v) is 13.6. The lowest BCUT2D eigenvalue weighted by atomic mass is 9.77. The molecule has 1 saturated heterocycles. The van der Waals surface area contributed by atoms with Crippen molar-refractivity contribution >= 4 is 32.3 Å². The smallest absolute Gasteiger partial charge is 0.252 e. The number of aromatic nitrogens is 4. The lowest BCUT2D eigenvalue weighted by Crippen LogP contribution is -2.38. The summed E-state index contributed by atoms with van der Waals surface area (Å²) in [7, 11) is -3.58.